The lowest BCUT2D eigenvalue weighted by atomic mass is 9.81. The highest BCUT2D eigenvalue weighted by atomic mass is 16.6. The highest BCUT2D eigenvalue weighted by Crippen LogP contribution is 2.35. The second-order valence-corrected chi connectivity index (χ2v) is 12.6. The molecule has 2 rings (SSSR count). The second kappa shape index (κ2) is 15.5. The van der Waals surface area contributed by atoms with Gasteiger partial charge in [-0.25, -0.2) is 0 Å². The van der Waals surface area contributed by atoms with Gasteiger partial charge in [-0.15, -0.1) is 0 Å². The van der Waals surface area contributed by atoms with Gasteiger partial charge in [0, 0.05) is 13.2 Å². The summed E-state index contributed by atoms with van der Waals surface area (Å²) in [5.41, 5.74) is -2.52. The van der Waals surface area contributed by atoms with Crippen LogP contribution in [-0.4, -0.2) is 48.6 Å². The minimum absolute atomic E-state index is 0.366. The molecule has 2 heterocycles. The zero-order valence-electron chi connectivity index (χ0n) is 24.8. The predicted molar refractivity (Wildman–Crippen MR) is 147 cm³/mol. The summed E-state index contributed by atoms with van der Waals surface area (Å²) in [6.07, 6.45) is 16.4. The van der Waals surface area contributed by atoms with Crippen LogP contribution < -0.4 is 0 Å². The van der Waals surface area contributed by atoms with Gasteiger partial charge in [0.1, 0.15) is 11.2 Å². The van der Waals surface area contributed by atoms with Crippen LogP contribution in [0.2, 0.25) is 0 Å². The van der Waals surface area contributed by atoms with E-state index in [0.29, 0.717) is 25.0 Å². The van der Waals surface area contributed by atoms with E-state index in [0.717, 1.165) is 77.4 Å². The molecule has 0 aromatic rings. The van der Waals surface area contributed by atoms with Crippen LogP contribution in [0, 0.1) is 5.41 Å². The first-order valence-corrected chi connectivity index (χ1v) is 15.2. The van der Waals surface area contributed by atoms with E-state index in [-0.39, 0.29) is 0 Å². The van der Waals surface area contributed by atoms with Crippen molar-refractivity contribution in [3.05, 3.63) is 0 Å². The maximum absolute atomic E-state index is 13.4. The summed E-state index contributed by atoms with van der Waals surface area (Å²) in [5.74, 6) is -0.901. The summed E-state index contributed by atoms with van der Waals surface area (Å²) >= 11 is 0. The number of esters is 2. The maximum Gasteiger partial charge on any atom is 0.323 e. The molecule has 2 aliphatic heterocycles. The van der Waals surface area contributed by atoms with Gasteiger partial charge in [0.15, 0.2) is 5.41 Å². The minimum atomic E-state index is -1.26. The molecule has 2 aliphatic rings. The minimum Gasteiger partial charge on any atom is -0.459 e. The molecule has 6 heteroatoms. The Morgan fingerprint density at radius 2 is 1.08 bits per heavy atom. The molecular weight excluding hydrogens is 468 g/mol. The van der Waals surface area contributed by atoms with Gasteiger partial charge in [-0.2, -0.15) is 0 Å². The summed E-state index contributed by atoms with van der Waals surface area (Å²) < 4.78 is 23.6. The normalized spacial score (nSPS) is 21.5. The second-order valence-electron chi connectivity index (χ2n) is 12.6. The molecule has 0 aliphatic carbocycles. The van der Waals surface area contributed by atoms with Crippen molar-refractivity contribution in [1.29, 1.82) is 0 Å². The third-order valence-corrected chi connectivity index (χ3v) is 8.38. The summed E-state index contributed by atoms with van der Waals surface area (Å²) in [7, 11) is 0. The van der Waals surface area contributed by atoms with Crippen LogP contribution in [0.15, 0.2) is 0 Å². The monoisotopic (exact) mass is 524 g/mol. The topological polar surface area (TPSA) is 71.1 Å². The van der Waals surface area contributed by atoms with Crippen molar-refractivity contribution in [2.75, 3.05) is 13.2 Å². The fourth-order valence-corrected chi connectivity index (χ4v) is 5.63. The lowest BCUT2D eigenvalue weighted by Crippen LogP contribution is -2.47. The predicted octanol–water partition coefficient (Wildman–Crippen LogP) is 7.70. The third kappa shape index (κ3) is 10.9. The van der Waals surface area contributed by atoms with Gasteiger partial charge in [0.05, 0.1) is 12.2 Å². The first kappa shape index (κ1) is 32.1. The molecule has 0 aromatic heterocycles. The number of hydrogen-bond acceptors (Lipinski definition) is 6. The Morgan fingerprint density at radius 3 is 1.41 bits per heavy atom. The number of carbonyl (C=O) groups is 2. The lowest BCUT2D eigenvalue weighted by Gasteiger charge is -2.35. The Kier molecular flexibility index (Phi) is 13.4. The van der Waals surface area contributed by atoms with Crippen molar-refractivity contribution in [2.45, 2.75) is 168 Å². The zero-order valence-corrected chi connectivity index (χ0v) is 24.8. The van der Waals surface area contributed by atoms with Crippen LogP contribution in [0.5, 0.6) is 0 Å². The van der Waals surface area contributed by atoms with Crippen LogP contribution >= 0.6 is 0 Å². The van der Waals surface area contributed by atoms with Gasteiger partial charge in [-0.05, 0) is 118 Å². The maximum atomic E-state index is 13.4. The molecule has 0 spiro atoms. The van der Waals surface area contributed by atoms with E-state index in [1.54, 1.807) is 0 Å². The van der Waals surface area contributed by atoms with Crippen LogP contribution in [0.1, 0.15) is 144 Å². The largest absolute Gasteiger partial charge is 0.459 e. The molecule has 2 saturated heterocycles. The summed E-state index contributed by atoms with van der Waals surface area (Å²) in [5, 5.41) is 0. The van der Waals surface area contributed by atoms with Gasteiger partial charge in [-0.3, -0.25) is 9.59 Å². The van der Waals surface area contributed by atoms with Crippen molar-refractivity contribution in [2.24, 2.45) is 5.41 Å². The first-order valence-electron chi connectivity index (χ1n) is 15.2. The molecule has 0 aromatic carbocycles. The highest BCUT2D eigenvalue weighted by Gasteiger charge is 2.49. The number of ether oxygens (including phenoxy) is 4. The molecule has 6 nitrogen and oxygen atoms in total. The van der Waals surface area contributed by atoms with Gasteiger partial charge in [-0.1, -0.05) is 26.7 Å². The number of unbranched alkanes of at least 4 members (excludes halogenated alkanes) is 2. The average Bonchev–Trinajstić information content (AvgIpc) is 2.86. The third-order valence-electron chi connectivity index (χ3n) is 8.38. The summed E-state index contributed by atoms with van der Waals surface area (Å²) in [6, 6.07) is 0. The lowest BCUT2D eigenvalue weighted by molar-refractivity contribution is -0.188. The Bertz CT molecular complexity index is 615. The van der Waals surface area contributed by atoms with E-state index in [1.165, 1.54) is 25.7 Å². The highest BCUT2D eigenvalue weighted by molar-refractivity contribution is 6.00. The fourth-order valence-electron chi connectivity index (χ4n) is 5.63. The van der Waals surface area contributed by atoms with Crippen LogP contribution in [0.4, 0.5) is 0 Å². The average molecular weight is 525 g/mol. The molecule has 37 heavy (non-hydrogen) atoms. The van der Waals surface area contributed by atoms with Crippen LogP contribution in [0.25, 0.3) is 0 Å². The Balaban J connectivity index is 1.82. The van der Waals surface area contributed by atoms with Crippen LogP contribution in [0.3, 0.4) is 0 Å². The molecule has 2 fully saturated rings. The van der Waals surface area contributed by atoms with E-state index in [1.807, 2.05) is 41.5 Å². The molecule has 2 unspecified atom stereocenters. The van der Waals surface area contributed by atoms with Gasteiger partial charge in [0.25, 0.3) is 0 Å². The van der Waals surface area contributed by atoms with Crippen LogP contribution in [-0.2, 0) is 28.5 Å². The van der Waals surface area contributed by atoms with Gasteiger partial charge >= 0.3 is 11.9 Å². The van der Waals surface area contributed by atoms with E-state index in [4.69, 9.17) is 18.9 Å². The first-order chi connectivity index (χ1) is 17.5. The smallest absolute Gasteiger partial charge is 0.323 e. The Labute approximate surface area is 226 Å². The molecular formula is C31H56O6. The Hall–Kier alpha value is -1.14. The quantitative estimate of drug-likeness (QED) is 0.117. The Morgan fingerprint density at radius 1 is 0.676 bits per heavy atom. The molecule has 0 N–H and O–H groups in total. The van der Waals surface area contributed by atoms with E-state index >= 15 is 0 Å². The van der Waals surface area contributed by atoms with Gasteiger partial charge < -0.3 is 18.9 Å². The van der Waals surface area contributed by atoms with E-state index in [2.05, 4.69) is 0 Å². The molecule has 0 saturated carbocycles. The van der Waals surface area contributed by atoms with Crippen molar-refractivity contribution < 1.29 is 28.5 Å². The summed E-state index contributed by atoms with van der Waals surface area (Å²) in [4.78, 5) is 26.9. The fraction of sp³-hybridized carbons (Fsp3) is 0.935. The molecule has 0 amide bonds. The van der Waals surface area contributed by atoms with Crippen molar-refractivity contribution >= 4 is 11.9 Å². The molecule has 0 radical (unpaired) electrons. The molecule has 216 valence electrons. The van der Waals surface area contributed by atoms with E-state index < -0.39 is 28.6 Å². The number of carbonyl (C=O) groups excluding carboxylic acids is 2. The summed E-state index contributed by atoms with van der Waals surface area (Å²) in [6.45, 7) is 13.3. The SMILES string of the molecule is CCC(CC)(C(=O)OC(C)(C)CCCCC1CCCCO1)C(=O)OC(C)(C)CCCCC1CCCCO1. The molecule has 2 atom stereocenters. The van der Waals surface area contributed by atoms with Gasteiger partial charge in [0.2, 0.25) is 0 Å². The van der Waals surface area contributed by atoms with E-state index in [9.17, 15) is 9.59 Å². The van der Waals surface area contributed by atoms with Crippen molar-refractivity contribution in [3.63, 3.8) is 0 Å². The number of hydrogen-bond donors (Lipinski definition) is 0. The molecule has 0 bridgehead atoms. The van der Waals surface area contributed by atoms with Crippen molar-refractivity contribution in [3.8, 4) is 0 Å². The zero-order chi connectivity index (χ0) is 27.4. The van der Waals surface area contributed by atoms with Crippen molar-refractivity contribution in [1.82, 2.24) is 0 Å². The number of rotatable bonds is 16. The standard InChI is InChI=1S/C31H56O6/c1-7-31(8-2,27(32)36-29(3,4)21-13-9-17-25-19-11-15-23-34-25)28(33)37-30(5,6)22-14-10-18-26-20-12-16-24-35-26/h25-26H,7-24H2,1-6H3.